The lowest BCUT2D eigenvalue weighted by Gasteiger charge is -2.23. The number of hydrogen-bond acceptors (Lipinski definition) is 6. The van der Waals surface area contributed by atoms with E-state index in [4.69, 9.17) is 10.2 Å². The maximum Gasteiger partial charge on any atom is 0.327 e. The summed E-state index contributed by atoms with van der Waals surface area (Å²) in [6.45, 7) is 1.08. The Balaban J connectivity index is 4.29. The molecule has 0 aliphatic heterocycles. The first-order valence-corrected chi connectivity index (χ1v) is 3.84. The minimum atomic E-state index is -2.11. The molecule has 0 aliphatic carbocycles. The van der Waals surface area contributed by atoms with Gasteiger partial charge in [0.15, 0.2) is 5.79 Å². The van der Waals surface area contributed by atoms with Crippen LogP contribution in [0.3, 0.4) is 0 Å². The van der Waals surface area contributed by atoms with Crippen LogP contribution in [-0.4, -0.2) is 27.7 Å². The van der Waals surface area contributed by atoms with Crippen LogP contribution < -0.4 is 0 Å². The molecule has 0 heterocycles. The Morgan fingerprint density at radius 1 is 1.73 bits per heavy atom. The molecule has 6 heteroatoms. The fourth-order valence-corrected chi connectivity index (χ4v) is 1.16. The van der Waals surface area contributed by atoms with Crippen LogP contribution in [0.1, 0.15) is 6.92 Å². The topological polar surface area (TPSA) is 66.8 Å². The van der Waals surface area contributed by atoms with Gasteiger partial charge in [-0.15, -0.1) is 0 Å². The summed E-state index contributed by atoms with van der Waals surface area (Å²) >= 11 is 6.98. The van der Waals surface area contributed by atoms with E-state index in [9.17, 15) is 4.79 Å². The third-order valence-electron chi connectivity index (χ3n) is 1.22. The minimum absolute atomic E-state index is 0.0110. The second-order valence-corrected chi connectivity index (χ2v) is 2.79. The van der Waals surface area contributed by atoms with Crippen LogP contribution in [0, 0.1) is 5.92 Å². The van der Waals surface area contributed by atoms with E-state index in [0.29, 0.717) is 0 Å². The largest absolute Gasteiger partial charge is 0.394 e. The van der Waals surface area contributed by atoms with Gasteiger partial charge in [-0.3, -0.25) is 4.79 Å². The summed E-state index contributed by atoms with van der Waals surface area (Å²) in [4.78, 5) is 10.7. The Morgan fingerprint density at radius 3 is 2.27 bits per heavy atom. The van der Waals surface area contributed by atoms with Crippen LogP contribution in [-0.2, 0) is 8.98 Å². The van der Waals surface area contributed by atoms with E-state index in [1.165, 1.54) is 0 Å². The first-order chi connectivity index (χ1) is 4.93. The summed E-state index contributed by atoms with van der Waals surface area (Å²) in [6, 6.07) is 0. The van der Waals surface area contributed by atoms with E-state index >= 15 is 0 Å². The predicted molar refractivity (Wildman–Crippen MR) is 45.3 cm³/mol. The van der Waals surface area contributed by atoms with E-state index in [2.05, 4.69) is 29.7 Å². The molecule has 0 aromatic carbocycles. The molecule has 0 aromatic rings. The molecule has 11 heavy (non-hydrogen) atoms. The van der Waals surface area contributed by atoms with Gasteiger partial charge in [0.25, 0.3) is 0 Å². The van der Waals surface area contributed by atoms with E-state index in [0.717, 1.165) is 6.92 Å². The summed E-state index contributed by atoms with van der Waals surface area (Å²) in [5.74, 6) is -4.01. The Bertz CT molecular complexity index is 142. The van der Waals surface area contributed by atoms with E-state index in [1.54, 1.807) is 0 Å². The van der Waals surface area contributed by atoms with Crippen LogP contribution in [0.25, 0.3) is 0 Å². The zero-order valence-corrected chi connectivity index (χ0v) is 7.68. The van der Waals surface area contributed by atoms with Crippen LogP contribution in [0.15, 0.2) is 0 Å². The maximum absolute atomic E-state index is 10.7. The highest BCUT2D eigenvalue weighted by atomic mass is 32.1. The highest BCUT2D eigenvalue weighted by Crippen LogP contribution is 2.17. The number of carbonyl (C=O) groups excluding carboxylic acids is 1. The van der Waals surface area contributed by atoms with Gasteiger partial charge in [-0.25, -0.2) is 0 Å². The monoisotopic (exact) mass is 198 g/mol. The Morgan fingerprint density at radius 2 is 2.18 bits per heavy atom. The highest BCUT2D eigenvalue weighted by molar-refractivity contribution is 7.80. The average molecular weight is 198 g/mol. The van der Waals surface area contributed by atoms with Gasteiger partial charge in [0.05, 0.1) is 0 Å². The predicted octanol–water partition coefficient (Wildman–Crippen LogP) is -0.379. The molecule has 0 radical (unpaired) electrons. The molecule has 0 saturated heterocycles. The summed E-state index contributed by atoms with van der Waals surface area (Å²) in [6.07, 6.45) is 0. The van der Waals surface area contributed by atoms with Gasteiger partial charge in [-0.1, -0.05) is 0 Å². The molecular formula is C5H10O4S2. The van der Waals surface area contributed by atoms with Crippen molar-refractivity contribution in [3.63, 3.8) is 0 Å². The van der Waals surface area contributed by atoms with Crippen molar-refractivity contribution in [2.24, 2.45) is 5.92 Å². The van der Waals surface area contributed by atoms with Crippen molar-refractivity contribution in [3.05, 3.63) is 0 Å². The smallest absolute Gasteiger partial charge is 0.327 e. The highest BCUT2D eigenvalue weighted by Gasteiger charge is 2.35. The van der Waals surface area contributed by atoms with E-state index in [1.807, 2.05) is 0 Å². The summed E-state index contributed by atoms with van der Waals surface area (Å²) in [7, 11) is 0. The second kappa shape index (κ2) is 4.20. The van der Waals surface area contributed by atoms with Crippen LogP contribution in [0.4, 0.5) is 0 Å². The van der Waals surface area contributed by atoms with Crippen LogP contribution in [0.5, 0.6) is 0 Å². The van der Waals surface area contributed by atoms with Crippen LogP contribution in [0.2, 0.25) is 0 Å². The lowest BCUT2D eigenvalue weighted by atomic mass is 10.0. The van der Waals surface area contributed by atoms with Crippen molar-refractivity contribution < 1.29 is 19.2 Å². The van der Waals surface area contributed by atoms with Gasteiger partial charge in [0, 0.05) is 18.7 Å². The average Bonchev–Trinajstić information content (AvgIpc) is 1.86. The van der Waals surface area contributed by atoms with Crippen molar-refractivity contribution in [1.29, 1.82) is 0 Å². The van der Waals surface area contributed by atoms with Crippen molar-refractivity contribution in [2.45, 2.75) is 12.7 Å². The van der Waals surface area contributed by atoms with Crippen molar-refractivity contribution in [1.82, 2.24) is 0 Å². The SMILES string of the molecule is CC(O)(O)C(CS)C(=O)OS. The van der Waals surface area contributed by atoms with Crippen LogP contribution >= 0.6 is 25.5 Å². The quantitative estimate of drug-likeness (QED) is 0.283. The lowest BCUT2D eigenvalue weighted by molar-refractivity contribution is -0.192. The zero-order chi connectivity index (χ0) is 9.07. The first-order valence-electron chi connectivity index (χ1n) is 2.84. The normalized spacial score (nSPS) is 14.3. The fraction of sp³-hybridized carbons (Fsp3) is 0.800. The molecular weight excluding hydrogens is 188 g/mol. The molecule has 0 bridgehead atoms. The van der Waals surface area contributed by atoms with Gasteiger partial charge >= 0.3 is 5.97 Å². The summed E-state index contributed by atoms with van der Waals surface area (Å²) in [5.41, 5.74) is 0. The first kappa shape index (κ1) is 11.1. The fourth-order valence-electron chi connectivity index (χ4n) is 0.534. The number of thiol groups is 2. The third kappa shape index (κ3) is 3.33. The molecule has 2 N–H and O–H groups in total. The van der Waals surface area contributed by atoms with E-state index < -0.39 is 17.7 Å². The molecule has 1 atom stereocenters. The number of carbonyl (C=O) groups is 1. The molecule has 66 valence electrons. The molecule has 0 aromatic heterocycles. The molecule has 0 saturated carbocycles. The van der Waals surface area contributed by atoms with Gasteiger partial charge in [-0.2, -0.15) is 12.6 Å². The summed E-state index contributed by atoms with van der Waals surface area (Å²) in [5, 5.41) is 17.9. The molecule has 0 spiro atoms. The zero-order valence-electron chi connectivity index (χ0n) is 5.89. The van der Waals surface area contributed by atoms with E-state index in [-0.39, 0.29) is 5.75 Å². The van der Waals surface area contributed by atoms with Gasteiger partial charge in [-0.05, 0) is 6.92 Å². The lowest BCUT2D eigenvalue weighted by Crippen LogP contribution is -2.40. The Labute approximate surface area is 75.6 Å². The van der Waals surface area contributed by atoms with Crippen molar-refractivity contribution in [3.8, 4) is 0 Å². The molecule has 0 amide bonds. The number of rotatable bonds is 3. The molecule has 0 aliphatic rings. The number of hydrogen-bond donors (Lipinski definition) is 4. The Kier molecular flexibility index (Phi) is 4.23. The molecule has 0 rings (SSSR count). The van der Waals surface area contributed by atoms with Gasteiger partial charge in [0.2, 0.25) is 0 Å². The molecule has 1 unspecified atom stereocenters. The van der Waals surface area contributed by atoms with Crippen molar-refractivity contribution >= 4 is 31.5 Å². The minimum Gasteiger partial charge on any atom is -0.394 e. The standard InChI is InChI=1S/C5H10O4S2/c1-5(7,8)3(2-10)4(6)9-11/h3,7-8,10-11H,2H2,1H3. The molecule has 0 fully saturated rings. The van der Waals surface area contributed by atoms with Gasteiger partial charge < -0.3 is 14.4 Å². The number of aliphatic hydroxyl groups is 2. The Hall–Kier alpha value is 0.0900. The second-order valence-electron chi connectivity index (χ2n) is 2.24. The van der Waals surface area contributed by atoms with Crippen molar-refractivity contribution in [2.75, 3.05) is 5.75 Å². The van der Waals surface area contributed by atoms with Gasteiger partial charge in [0.1, 0.15) is 5.92 Å². The third-order valence-corrected chi connectivity index (χ3v) is 1.76. The molecule has 4 nitrogen and oxygen atoms in total. The maximum atomic E-state index is 10.7. The summed E-state index contributed by atoms with van der Waals surface area (Å²) < 4.78 is 4.02.